The lowest BCUT2D eigenvalue weighted by atomic mass is 9.43. The molecule has 0 amide bonds. The average Bonchev–Trinajstić information content (AvgIpc) is 3.03. The Balaban J connectivity index is 1.71. The number of aliphatic hydroxyl groups is 1. The monoisotopic (exact) mass is 484 g/mol. The van der Waals surface area contributed by atoms with Gasteiger partial charge in [0.1, 0.15) is 0 Å². The number of allylic oxidation sites excluding steroid dienone is 3. The largest absolute Gasteiger partial charge is 0.478 e. The van der Waals surface area contributed by atoms with Crippen LogP contribution in [0.1, 0.15) is 99.8 Å². The maximum Gasteiger partial charge on any atom is 0.330 e. The standard InChI is InChI=1S/C30H44O5/c1-17(9-8-10-18(2)26(34)35)19-11-14-29(6)25-20(31)15-22-27(3,4)23(33)12-13-28(22,5)24(25)21(32)16-30(19,29)7/h10,17,19,22-23,33H,8-9,11-16H2,1-7H3,(H,34,35)/b18-10-/t17?,19-,22?,23+,28-,29+,30-/m0/s1. The predicted molar refractivity (Wildman–Crippen MR) is 136 cm³/mol. The number of Topliss-reactive ketones (excluding diaryl/α,β-unsaturated/α-hetero) is 2. The van der Waals surface area contributed by atoms with Crippen LogP contribution < -0.4 is 0 Å². The molecule has 0 aliphatic heterocycles. The molecular formula is C30H44O5. The van der Waals surface area contributed by atoms with Crippen molar-refractivity contribution >= 4 is 17.5 Å². The molecule has 5 heteroatoms. The van der Waals surface area contributed by atoms with Gasteiger partial charge in [0.05, 0.1) is 6.10 Å². The summed E-state index contributed by atoms with van der Waals surface area (Å²) in [6, 6.07) is 0. The second kappa shape index (κ2) is 8.39. The number of aliphatic carboxylic acids is 1. The van der Waals surface area contributed by atoms with Gasteiger partial charge in [0.2, 0.25) is 0 Å². The Morgan fingerprint density at radius 3 is 2.34 bits per heavy atom. The summed E-state index contributed by atoms with van der Waals surface area (Å²) >= 11 is 0. The van der Waals surface area contributed by atoms with Gasteiger partial charge in [0.25, 0.3) is 0 Å². The van der Waals surface area contributed by atoms with Crippen LogP contribution in [-0.4, -0.2) is 33.9 Å². The predicted octanol–water partition coefficient (Wildman–Crippen LogP) is 5.90. The van der Waals surface area contributed by atoms with Crippen LogP contribution in [0.15, 0.2) is 22.8 Å². The summed E-state index contributed by atoms with van der Waals surface area (Å²) in [5, 5.41) is 19.9. The van der Waals surface area contributed by atoms with Crippen molar-refractivity contribution < 1.29 is 24.6 Å². The van der Waals surface area contributed by atoms with Gasteiger partial charge in [-0.25, -0.2) is 4.79 Å². The quantitative estimate of drug-likeness (QED) is 0.474. The first-order chi connectivity index (χ1) is 16.1. The van der Waals surface area contributed by atoms with Crippen LogP contribution in [0.25, 0.3) is 0 Å². The Kier molecular flexibility index (Phi) is 6.31. The molecule has 5 nitrogen and oxygen atoms in total. The molecule has 4 rings (SSSR count). The molecule has 2 unspecified atom stereocenters. The zero-order valence-corrected chi connectivity index (χ0v) is 22.7. The highest BCUT2D eigenvalue weighted by molar-refractivity contribution is 6.11. The Hall–Kier alpha value is -1.75. The smallest absolute Gasteiger partial charge is 0.330 e. The van der Waals surface area contributed by atoms with E-state index in [0.717, 1.165) is 36.8 Å². The van der Waals surface area contributed by atoms with Gasteiger partial charge in [-0.1, -0.05) is 47.6 Å². The van der Waals surface area contributed by atoms with Crippen molar-refractivity contribution in [2.45, 2.75) is 106 Å². The Bertz CT molecular complexity index is 1020. The topological polar surface area (TPSA) is 91.7 Å². The fraction of sp³-hybridized carbons (Fsp3) is 0.767. The summed E-state index contributed by atoms with van der Waals surface area (Å²) in [4.78, 5) is 39.0. The van der Waals surface area contributed by atoms with Gasteiger partial charge in [-0.3, -0.25) is 9.59 Å². The zero-order chi connectivity index (χ0) is 26.1. The van der Waals surface area contributed by atoms with E-state index in [1.165, 1.54) is 0 Å². The summed E-state index contributed by atoms with van der Waals surface area (Å²) in [5.41, 5.74) is 0.612. The summed E-state index contributed by atoms with van der Waals surface area (Å²) in [7, 11) is 0. The van der Waals surface area contributed by atoms with Gasteiger partial charge < -0.3 is 10.2 Å². The number of carbonyl (C=O) groups excluding carboxylic acids is 2. The normalized spacial score (nSPS) is 41.8. The first-order valence-electron chi connectivity index (χ1n) is 13.5. The van der Waals surface area contributed by atoms with Crippen LogP contribution in [0.2, 0.25) is 0 Å². The van der Waals surface area contributed by atoms with Gasteiger partial charge in [0, 0.05) is 40.4 Å². The maximum atomic E-state index is 14.0. The van der Waals surface area contributed by atoms with E-state index in [1.807, 2.05) is 0 Å². The molecule has 194 valence electrons. The molecular weight excluding hydrogens is 440 g/mol. The van der Waals surface area contributed by atoms with Gasteiger partial charge in [-0.05, 0) is 74.0 Å². The molecule has 7 atom stereocenters. The summed E-state index contributed by atoms with van der Waals surface area (Å²) in [5.74, 6) is 0.0132. The SMILES string of the molecule is C/C(=C/CCC(C)[C@@H]1CC[C@]2(C)C3=C(C(=O)C[C@@]12C)[C@@]1(C)CC[C@@H](O)C(C)(C)C1CC3=O)C(=O)O. The van der Waals surface area contributed by atoms with Gasteiger partial charge in [-0.15, -0.1) is 0 Å². The molecule has 0 aromatic heterocycles. The summed E-state index contributed by atoms with van der Waals surface area (Å²) in [6.07, 6.45) is 7.12. The van der Waals surface area contributed by atoms with E-state index >= 15 is 0 Å². The van der Waals surface area contributed by atoms with Gasteiger partial charge in [0.15, 0.2) is 11.6 Å². The molecule has 4 aliphatic carbocycles. The van der Waals surface area contributed by atoms with Crippen LogP contribution in [-0.2, 0) is 14.4 Å². The third-order valence-electron chi connectivity index (χ3n) is 11.4. The first-order valence-corrected chi connectivity index (χ1v) is 13.5. The third-order valence-corrected chi connectivity index (χ3v) is 11.4. The van der Waals surface area contributed by atoms with Crippen LogP contribution >= 0.6 is 0 Å². The van der Waals surface area contributed by atoms with Crippen molar-refractivity contribution in [2.24, 2.45) is 39.4 Å². The minimum Gasteiger partial charge on any atom is -0.478 e. The molecule has 2 N–H and O–H groups in total. The minimum atomic E-state index is -0.878. The molecule has 2 fully saturated rings. The summed E-state index contributed by atoms with van der Waals surface area (Å²) < 4.78 is 0. The lowest BCUT2D eigenvalue weighted by Crippen LogP contribution is -2.59. The molecule has 35 heavy (non-hydrogen) atoms. The highest BCUT2D eigenvalue weighted by Gasteiger charge is 2.67. The molecule has 0 saturated heterocycles. The van der Waals surface area contributed by atoms with Gasteiger partial charge in [-0.2, -0.15) is 0 Å². The van der Waals surface area contributed by atoms with Crippen molar-refractivity contribution in [1.82, 2.24) is 0 Å². The number of carbonyl (C=O) groups is 3. The Labute approximate surface area is 210 Å². The van der Waals surface area contributed by atoms with E-state index in [2.05, 4.69) is 41.5 Å². The molecule has 0 radical (unpaired) electrons. The highest BCUT2D eigenvalue weighted by atomic mass is 16.4. The number of fused-ring (bicyclic) bond motifs is 4. The van der Waals surface area contributed by atoms with Crippen molar-refractivity contribution in [3.05, 3.63) is 22.8 Å². The van der Waals surface area contributed by atoms with E-state index in [1.54, 1.807) is 13.0 Å². The van der Waals surface area contributed by atoms with Crippen LogP contribution in [0.5, 0.6) is 0 Å². The molecule has 4 aliphatic rings. The van der Waals surface area contributed by atoms with E-state index < -0.39 is 17.5 Å². The highest BCUT2D eigenvalue weighted by Crippen LogP contribution is 2.71. The van der Waals surface area contributed by atoms with Crippen molar-refractivity contribution in [2.75, 3.05) is 0 Å². The maximum absolute atomic E-state index is 14.0. The molecule has 2 saturated carbocycles. The number of carboxylic acids is 1. The fourth-order valence-electron chi connectivity index (χ4n) is 8.96. The second-order valence-corrected chi connectivity index (χ2v) is 13.5. The molecule has 0 aromatic rings. The Morgan fingerprint density at radius 2 is 1.71 bits per heavy atom. The lowest BCUT2D eigenvalue weighted by Gasteiger charge is -2.60. The number of carboxylic acid groups (broad SMARTS) is 1. The summed E-state index contributed by atoms with van der Waals surface area (Å²) in [6.45, 7) is 14.6. The molecule has 0 heterocycles. The second-order valence-electron chi connectivity index (χ2n) is 13.5. The van der Waals surface area contributed by atoms with Crippen LogP contribution in [0.3, 0.4) is 0 Å². The first kappa shape index (κ1) is 26.3. The molecule has 0 bridgehead atoms. The number of ketones is 2. The number of hydrogen-bond acceptors (Lipinski definition) is 4. The number of hydrogen-bond donors (Lipinski definition) is 2. The van der Waals surface area contributed by atoms with E-state index in [9.17, 15) is 19.5 Å². The zero-order valence-electron chi connectivity index (χ0n) is 22.7. The fourth-order valence-corrected chi connectivity index (χ4v) is 8.96. The van der Waals surface area contributed by atoms with Crippen molar-refractivity contribution in [1.29, 1.82) is 0 Å². The minimum absolute atomic E-state index is 0.0257. The number of rotatable bonds is 5. The van der Waals surface area contributed by atoms with E-state index in [0.29, 0.717) is 43.1 Å². The van der Waals surface area contributed by atoms with E-state index in [4.69, 9.17) is 5.11 Å². The Morgan fingerprint density at radius 1 is 1.06 bits per heavy atom. The average molecular weight is 485 g/mol. The molecule has 0 spiro atoms. The van der Waals surface area contributed by atoms with Gasteiger partial charge >= 0.3 is 5.97 Å². The third kappa shape index (κ3) is 3.62. The van der Waals surface area contributed by atoms with Crippen LogP contribution in [0, 0.1) is 39.4 Å². The van der Waals surface area contributed by atoms with E-state index in [-0.39, 0.29) is 33.7 Å². The van der Waals surface area contributed by atoms with Crippen LogP contribution in [0.4, 0.5) is 0 Å². The van der Waals surface area contributed by atoms with Crippen molar-refractivity contribution in [3.8, 4) is 0 Å². The van der Waals surface area contributed by atoms with Crippen molar-refractivity contribution in [3.63, 3.8) is 0 Å². The molecule has 0 aromatic carbocycles. The number of aliphatic hydroxyl groups excluding tert-OH is 1. The lowest BCUT2D eigenvalue weighted by molar-refractivity contribution is -0.141.